The molecule has 0 spiro atoms. The van der Waals surface area contributed by atoms with Gasteiger partial charge in [-0.1, -0.05) is 6.42 Å². The summed E-state index contributed by atoms with van der Waals surface area (Å²) in [6.07, 6.45) is 3.95. The van der Waals surface area contributed by atoms with Crippen LogP contribution in [0.25, 0.3) is 0 Å². The Kier molecular flexibility index (Phi) is 1.42. The van der Waals surface area contributed by atoms with Crippen LogP contribution in [0, 0.1) is 5.92 Å². The van der Waals surface area contributed by atoms with E-state index in [1.807, 2.05) is 0 Å². The molecule has 0 aromatic heterocycles. The Morgan fingerprint density at radius 2 is 2.45 bits per heavy atom. The maximum atomic E-state index is 10.9. The molecular weight excluding hydrogens is 142 g/mol. The molecule has 1 aliphatic heterocycles. The van der Waals surface area contributed by atoms with Gasteiger partial charge in [-0.25, -0.2) is 0 Å². The minimum absolute atomic E-state index is 0.539. The van der Waals surface area contributed by atoms with Crippen LogP contribution in [0.5, 0.6) is 0 Å². The minimum Gasteiger partial charge on any atom is -0.480 e. The summed E-state index contributed by atoms with van der Waals surface area (Å²) in [4.78, 5) is 10.9. The minimum atomic E-state index is -0.653. The van der Waals surface area contributed by atoms with Crippen molar-refractivity contribution in [2.75, 3.05) is 6.54 Å². The van der Waals surface area contributed by atoms with Crippen LogP contribution in [-0.2, 0) is 4.79 Å². The SMILES string of the molecule is O=C(O)[C@]12CCC[C@H](CN1)C2. The first kappa shape index (κ1) is 7.10. The number of fused-ring (bicyclic) bond motifs is 2. The van der Waals surface area contributed by atoms with Crippen LogP contribution in [-0.4, -0.2) is 23.2 Å². The largest absolute Gasteiger partial charge is 0.480 e. The molecule has 0 aromatic carbocycles. The number of aliphatic carboxylic acids is 1. The van der Waals surface area contributed by atoms with Crippen LogP contribution in [0.2, 0.25) is 0 Å². The summed E-state index contributed by atoms with van der Waals surface area (Å²) in [7, 11) is 0. The maximum absolute atomic E-state index is 10.9. The van der Waals surface area contributed by atoms with Gasteiger partial charge in [-0.05, 0) is 31.7 Å². The van der Waals surface area contributed by atoms with Gasteiger partial charge in [0.2, 0.25) is 0 Å². The van der Waals surface area contributed by atoms with Crippen molar-refractivity contribution in [3.63, 3.8) is 0 Å². The second-order valence-corrected chi connectivity index (χ2v) is 3.73. The Morgan fingerprint density at radius 3 is 3.09 bits per heavy atom. The number of carboxylic acids is 1. The van der Waals surface area contributed by atoms with E-state index in [1.165, 1.54) is 6.42 Å². The molecule has 0 amide bonds. The van der Waals surface area contributed by atoms with Crippen LogP contribution in [0.4, 0.5) is 0 Å². The van der Waals surface area contributed by atoms with E-state index in [1.54, 1.807) is 0 Å². The summed E-state index contributed by atoms with van der Waals surface area (Å²) in [5.41, 5.74) is -0.539. The van der Waals surface area contributed by atoms with Gasteiger partial charge in [0.1, 0.15) is 5.54 Å². The number of carbonyl (C=O) groups is 1. The Labute approximate surface area is 65.8 Å². The first-order valence-electron chi connectivity index (χ1n) is 4.21. The lowest BCUT2D eigenvalue weighted by Crippen LogP contribution is -2.47. The number of hydrogen-bond acceptors (Lipinski definition) is 2. The van der Waals surface area contributed by atoms with Gasteiger partial charge < -0.3 is 10.4 Å². The predicted octanol–water partition coefficient (Wildman–Crippen LogP) is 0.603. The van der Waals surface area contributed by atoms with E-state index in [9.17, 15) is 4.79 Å². The van der Waals surface area contributed by atoms with Crippen molar-refractivity contribution in [3.8, 4) is 0 Å². The summed E-state index contributed by atoms with van der Waals surface area (Å²) >= 11 is 0. The van der Waals surface area contributed by atoms with E-state index >= 15 is 0 Å². The summed E-state index contributed by atoms with van der Waals surface area (Å²) < 4.78 is 0. The lowest BCUT2D eigenvalue weighted by molar-refractivity contribution is -0.145. The molecule has 1 heterocycles. The van der Waals surface area contributed by atoms with Gasteiger partial charge in [0.25, 0.3) is 0 Å². The topological polar surface area (TPSA) is 49.3 Å². The van der Waals surface area contributed by atoms with E-state index in [0.717, 1.165) is 25.8 Å². The van der Waals surface area contributed by atoms with Gasteiger partial charge in [0, 0.05) is 0 Å². The molecule has 1 aliphatic carbocycles. The summed E-state index contributed by atoms with van der Waals surface area (Å²) in [5.74, 6) is -0.0282. The maximum Gasteiger partial charge on any atom is 0.323 e. The molecule has 2 rings (SSSR count). The average Bonchev–Trinajstić information content (AvgIpc) is 2.29. The highest BCUT2D eigenvalue weighted by Gasteiger charge is 2.47. The molecule has 62 valence electrons. The third kappa shape index (κ3) is 0.948. The Balaban J connectivity index is 2.19. The second kappa shape index (κ2) is 2.21. The second-order valence-electron chi connectivity index (χ2n) is 3.73. The lowest BCUT2D eigenvalue weighted by Gasteiger charge is -2.27. The van der Waals surface area contributed by atoms with E-state index in [0.29, 0.717) is 5.92 Å². The van der Waals surface area contributed by atoms with Crippen molar-refractivity contribution in [1.82, 2.24) is 5.32 Å². The number of rotatable bonds is 1. The number of nitrogens with one attached hydrogen (secondary N) is 1. The molecule has 2 fully saturated rings. The van der Waals surface area contributed by atoms with Crippen molar-refractivity contribution in [2.24, 2.45) is 5.92 Å². The molecule has 2 N–H and O–H groups in total. The molecular formula is C8H13NO2. The van der Waals surface area contributed by atoms with Gasteiger partial charge in [-0.2, -0.15) is 0 Å². The van der Waals surface area contributed by atoms with Crippen molar-refractivity contribution in [1.29, 1.82) is 0 Å². The predicted molar refractivity (Wildman–Crippen MR) is 40.3 cm³/mol. The van der Waals surface area contributed by atoms with Gasteiger partial charge in [0.05, 0.1) is 0 Å². The zero-order valence-electron chi connectivity index (χ0n) is 6.47. The van der Waals surface area contributed by atoms with Crippen LogP contribution in [0.1, 0.15) is 25.7 Å². The van der Waals surface area contributed by atoms with Gasteiger partial charge >= 0.3 is 5.97 Å². The van der Waals surface area contributed by atoms with Gasteiger partial charge in [-0.3, -0.25) is 4.79 Å². The summed E-state index contributed by atoms with van der Waals surface area (Å²) in [6, 6.07) is 0. The molecule has 0 aromatic rings. The molecule has 3 nitrogen and oxygen atoms in total. The molecule has 2 bridgehead atoms. The van der Waals surface area contributed by atoms with Crippen LogP contribution < -0.4 is 5.32 Å². The molecule has 2 aliphatic rings. The van der Waals surface area contributed by atoms with Crippen LogP contribution in [0.15, 0.2) is 0 Å². The third-order valence-electron chi connectivity index (χ3n) is 2.99. The molecule has 0 unspecified atom stereocenters. The summed E-state index contributed by atoms with van der Waals surface area (Å²) in [6.45, 7) is 0.909. The van der Waals surface area contributed by atoms with Gasteiger partial charge in [0.15, 0.2) is 0 Å². The molecule has 2 atom stereocenters. The Hall–Kier alpha value is -0.570. The number of carboxylic acid groups (broad SMARTS) is 1. The summed E-state index contributed by atoms with van der Waals surface area (Å²) in [5, 5.41) is 12.1. The Morgan fingerprint density at radius 1 is 1.64 bits per heavy atom. The normalized spacial score (nSPS) is 42.4. The Bertz CT molecular complexity index is 189. The molecule has 11 heavy (non-hydrogen) atoms. The first-order valence-corrected chi connectivity index (χ1v) is 4.21. The zero-order valence-corrected chi connectivity index (χ0v) is 6.47. The van der Waals surface area contributed by atoms with E-state index in [2.05, 4.69) is 5.32 Å². The standard InChI is InChI=1S/C8H13NO2/c10-7(11)8-3-1-2-6(4-8)5-9-8/h6,9H,1-5H2,(H,10,11)/t6-,8+/m0/s1. The van der Waals surface area contributed by atoms with E-state index in [-0.39, 0.29) is 0 Å². The van der Waals surface area contributed by atoms with Crippen LogP contribution >= 0.6 is 0 Å². The highest BCUT2D eigenvalue weighted by Crippen LogP contribution is 2.37. The fourth-order valence-corrected chi connectivity index (χ4v) is 2.33. The lowest BCUT2D eigenvalue weighted by atomic mass is 9.80. The van der Waals surface area contributed by atoms with E-state index < -0.39 is 11.5 Å². The monoisotopic (exact) mass is 155 g/mol. The molecule has 1 saturated carbocycles. The molecule has 3 heteroatoms. The van der Waals surface area contributed by atoms with Gasteiger partial charge in [-0.15, -0.1) is 0 Å². The fourth-order valence-electron chi connectivity index (χ4n) is 2.33. The van der Waals surface area contributed by atoms with Crippen molar-refractivity contribution >= 4 is 5.97 Å². The smallest absolute Gasteiger partial charge is 0.323 e. The first-order chi connectivity index (χ1) is 5.23. The molecule has 0 radical (unpaired) electrons. The average molecular weight is 155 g/mol. The van der Waals surface area contributed by atoms with Crippen molar-refractivity contribution < 1.29 is 9.90 Å². The zero-order chi connectivity index (χ0) is 7.90. The molecule has 1 saturated heterocycles. The van der Waals surface area contributed by atoms with Crippen LogP contribution in [0.3, 0.4) is 0 Å². The highest BCUT2D eigenvalue weighted by molar-refractivity contribution is 5.79. The third-order valence-corrected chi connectivity index (χ3v) is 2.99. The van der Waals surface area contributed by atoms with E-state index in [4.69, 9.17) is 5.11 Å². The highest BCUT2D eigenvalue weighted by atomic mass is 16.4. The van der Waals surface area contributed by atoms with Crippen molar-refractivity contribution in [2.45, 2.75) is 31.2 Å². The van der Waals surface area contributed by atoms with Crippen molar-refractivity contribution in [3.05, 3.63) is 0 Å². The number of hydrogen-bond donors (Lipinski definition) is 2. The quantitative estimate of drug-likeness (QED) is 0.583. The fraction of sp³-hybridized carbons (Fsp3) is 0.875.